The van der Waals surface area contributed by atoms with Crippen molar-refractivity contribution in [1.82, 2.24) is 0 Å². The predicted octanol–water partition coefficient (Wildman–Crippen LogP) is 1.37. The third-order valence-electron chi connectivity index (χ3n) is 3.51. The summed E-state index contributed by atoms with van der Waals surface area (Å²) >= 11 is 0. The molecule has 0 aliphatic rings. The summed E-state index contributed by atoms with van der Waals surface area (Å²) in [5.74, 6) is -0.343. The van der Waals surface area contributed by atoms with E-state index in [1.807, 2.05) is 0 Å². The summed E-state index contributed by atoms with van der Waals surface area (Å²) < 4.78 is 0. The number of hydrogen-bond donors (Lipinski definition) is 4. The van der Waals surface area contributed by atoms with Crippen molar-refractivity contribution < 1.29 is 9.59 Å². The van der Waals surface area contributed by atoms with Crippen molar-refractivity contribution in [3.05, 3.63) is 35.4 Å². The van der Waals surface area contributed by atoms with E-state index in [0.29, 0.717) is 17.0 Å². The number of rotatable bonds is 9. The molecule has 6 heteroatoms. The molecule has 0 aliphatic carbocycles. The smallest absolute Gasteiger partial charge is 0.248 e. The van der Waals surface area contributed by atoms with Crippen molar-refractivity contribution in [2.24, 2.45) is 28.9 Å². The molecule has 23 heavy (non-hydrogen) atoms. The van der Waals surface area contributed by atoms with E-state index in [-0.39, 0.29) is 0 Å². The van der Waals surface area contributed by atoms with E-state index in [1.54, 1.807) is 0 Å². The fourth-order valence-corrected chi connectivity index (χ4v) is 1.91. The molecule has 1 aromatic rings. The second-order valence-electron chi connectivity index (χ2n) is 5.64. The van der Waals surface area contributed by atoms with E-state index in [4.69, 9.17) is 22.9 Å². The predicted molar refractivity (Wildman–Crippen MR) is 93.8 cm³/mol. The maximum Gasteiger partial charge on any atom is 0.248 e. The lowest BCUT2D eigenvalue weighted by atomic mass is 10.0. The van der Waals surface area contributed by atoms with Gasteiger partial charge in [0.2, 0.25) is 11.8 Å². The van der Waals surface area contributed by atoms with Gasteiger partial charge in [-0.3, -0.25) is 9.59 Å². The van der Waals surface area contributed by atoms with E-state index < -0.39 is 11.8 Å². The van der Waals surface area contributed by atoms with Gasteiger partial charge in [0.15, 0.2) is 0 Å². The lowest BCUT2D eigenvalue weighted by molar-refractivity contribution is 0.0988. The second kappa shape index (κ2) is 12.6. The number of carbonyl (C=O) groups excluding carboxylic acids is 2. The van der Waals surface area contributed by atoms with E-state index in [1.165, 1.54) is 56.4 Å². The SMILES string of the molecule is CC(CN)CCCCCCN.NC(=O)c1ccc(C(N)=O)cc1. The molecule has 1 atom stereocenters. The van der Waals surface area contributed by atoms with Crippen LogP contribution in [-0.4, -0.2) is 24.9 Å². The van der Waals surface area contributed by atoms with Crippen LogP contribution in [0.2, 0.25) is 0 Å². The molecular weight excluding hydrogens is 292 g/mol. The zero-order valence-electron chi connectivity index (χ0n) is 14.0. The van der Waals surface area contributed by atoms with Gasteiger partial charge in [-0.15, -0.1) is 0 Å². The van der Waals surface area contributed by atoms with Crippen LogP contribution in [0.4, 0.5) is 0 Å². The third-order valence-corrected chi connectivity index (χ3v) is 3.51. The van der Waals surface area contributed by atoms with Gasteiger partial charge in [0.05, 0.1) is 0 Å². The molecule has 0 spiro atoms. The quantitative estimate of drug-likeness (QED) is 0.510. The van der Waals surface area contributed by atoms with Crippen LogP contribution in [0.1, 0.15) is 59.7 Å². The summed E-state index contributed by atoms with van der Waals surface area (Å²) in [6.07, 6.45) is 6.38. The largest absolute Gasteiger partial charge is 0.366 e. The molecule has 1 rings (SSSR count). The van der Waals surface area contributed by atoms with Gasteiger partial charge in [0, 0.05) is 11.1 Å². The molecule has 1 unspecified atom stereocenters. The van der Waals surface area contributed by atoms with Gasteiger partial charge in [0.25, 0.3) is 0 Å². The van der Waals surface area contributed by atoms with Crippen molar-refractivity contribution in [2.75, 3.05) is 13.1 Å². The first-order chi connectivity index (χ1) is 10.9. The third kappa shape index (κ3) is 10.4. The van der Waals surface area contributed by atoms with Crippen molar-refractivity contribution in [3.8, 4) is 0 Å². The Balaban J connectivity index is 0.000000423. The zero-order chi connectivity index (χ0) is 17.7. The molecule has 0 aliphatic heterocycles. The number of amides is 2. The highest BCUT2D eigenvalue weighted by atomic mass is 16.1. The number of benzene rings is 1. The Bertz CT molecular complexity index is 427. The number of hydrogen-bond acceptors (Lipinski definition) is 4. The number of nitrogens with two attached hydrogens (primary N) is 4. The van der Waals surface area contributed by atoms with Crippen molar-refractivity contribution in [1.29, 1.82) is 0 Å². The van der Waals surface area contributed by atoms with Gasteiger partial charge in [-0.2, -0.15) is 0 Å². The van der Waals surface area contributed by atoms with Crippen molar-refractivity contribution in [2.45, 2.75) is 39.0 Å². The normalized spacial score (nSPS) is 11.3. The topological polar surface area (TPSA) is 138 Å². The second-order valence-corrected chi connectivity index (χ2v) is 5.64. The standard InChI is InChI=1S/C9H22N2.C8H8N2O2/c1-9(8-11)6-4-2-3-5-7-10;9-7(11)5-1-2-6(4-3-5)8(10)12/h9H,2-8,10-11H2,1H3;1-4H,(H2,9,11)(H2,10,12). The number of carbonyl (C=O) groups is 2. The molecule has 130 valence electrons. The molecule has 6 nitrogen and oxygen atoms in total. The monoisotopic (exact) mass is 322 g/mol. The Labute approximate surface area is 138 Å². The minimum absolute atomic E-state index is 0.361. The Morgan fingerprint density at radius 2 is 1.30 bits per heavy atom. The Morgan fingerprint density at radius 1 is 0.870 bits per heavy atom. The average Bonchev–Trinajstić information content (AvgIpc) is 2.55. The molecule has 2 amide bonds. The van der Waals surface area contributed by atoms with E-state index in [9.17, 15) is 9.59 Å². The van der Waals surface area contributed by atoms with Crippen LogP contribution >= 0.6 is 0 Å². The van der Waals surface area contributed by atoms with Crippen LogP contribution in [-0.2, 0) is 0 Å². The van der Waals surface area contributed by atoms with Crippen LogP contribution < -0.4 is 22.9 Å². The average molecular weight is 322 g/mol. The molecule has 0 aromatic heterocycles. The Hall–Kier alpha value is -1.92. The molecule has 8 N–H and O–H groups in total. The molecule has 0 heterocycles. The van der Waals surface area contributed by atoms with Gasteiger partial charge in [-0.1, -0.05) is 26.2 Å². The van der Waals surface area contributed by atoms with E-state index >= 15 is 0 Å². The maximum atomic E-state index is 10.6. The van der Waals surface area contributed by atoms with E-state index in [0.717, 1.165) is 13.1 Å². The summed E-state index contributed by atoms with van der Waals surface area (Å²) in [7, 11) is 0. The Morgan fingerprint density at radius 3 is 1.65 bits per heavy atom. The van der Waals surface area contributed by atoms with Gasteiger partial charge >= 0.3 is 0 Å². The fraction of sp³-hybridized carbons (Fsp3) is 0.529. The Kier molecular flexibility index (Phi) is 11.6. The lowest BCUT2D eigenvalue weighted by Gasteiger charge is -2.06. The summed E-state index contributed by atoms with van der Waals surface area (Å²) in [5, 5.41) is 0. The molecule has 0 radical (unpaired) electrons. The molecule has 1 aromatic carbocycles. The first-order valence-electron chi connectivity index (χ1n) is 8.02. The number of primary amides is 2. The summed E-state index contributed by atoms with van der Waals surface area (Å²) in [4.78, 5) is 21.2. The number of unbranched alkanes of at least 4 members (excludes halogenated alkanes) is 3. The van der Waals surface area contributed by atoms with Crippen LogP contribution in [0.15, 0.2) is 24.3 Å². The summed E-state index contributed by atoms with van der Waals surface area (Å²) in [5.41, 5.74) is 21.6. The first kappa shape index (κ1) is 21.1. The molecule has 0 fully saturated rings. The van der Waals surface area contributed by atoms with E-state index in [2.05, 4.69) is 6.92 Å². The molecule has 0 bridgehead atoms. The lowest BCUT2D eigenvalue weighted by Crippen LogP contribution is -2.13. The summed E-state index contributed by atoms with van der Waals surface area (Å²) in [6.45, 7) is 3.88. The maximum absolute atomic E-state index is 10.6. The minimum atomic E-state index is -0.522. The van der Waals surface area contributed by atoms with Crippen LogP contribution in [0, 0.1) is 5.92 Å². The highest BCUT2D eigenvalue weighted by molar-refractivity contribution is 5.96. The van der Waals surface area contributed by atoms with Crippen molar-refractivity contribution >= 4 is 11.8 Å². The molecule has 0 saturated carbocycles. The van der Waals surface area contributed by atoms with Gasteiger partial charge in [-0.25, -0.2) is 0 Å². The van der Waals surface area contributed by atoms with Gasteiger partial charge < -0.3 is 22.9 Å². The van der Waals surface area contributed by atoms with Crippen LogP contribution in [0.5, 0.6) is 0 Å². The van der Waals surface area contributed by atoms with Crippen LogP contribution in [0.25, 0.3) is 0 Å². The highest BCUT2D eigenvalue weighted by Crippen LogP contribution is 2.08. The van der Waals surface area contributed by atoms with Gasteiger partial charge in [-0.05, 0) is 56.1 Å². The molecule has 0 saturated heterocycles. The molecular formula is C17H30N4O2. The highest BCUT2D eigenvalue weighted by Gasteiger charge is 2.02. The van der Waals surface area contributed by atoms with Crippen LogP contribution in [0.3, 0.4) is 0 Å². The minimum Gasteiger partial charge on any atom is -0.366 e. The van der Waals surface area contributed by atoms with Crippen molar-refractivity contribution in [3.63, 3.8) is 0 Å². The zero-order valence-corrected chi connectivity index (χ0v) is 14.0. The fourth-order valence-electron chi connectivity index (χ4n) is 1.91. The first-order valence-corrected chi connectivity index (χ1v) is 8.02. The summed E-state index contributed by atoms with van der Waals surface area (Å²) in [6, 6.07) is 5.84. The van der Waals surface area contributed by atoms with Gasteiger partial charge in [0.1, 0.15) is 0 Å².